The minimum atomic E-state index is 0.232. The van der Waals surface area contributed by atoms with E-state index in [0.29, 0.717) is 6.42 Å². The van der Waals surface area contributed by atoms with Crippen molar-refractivity contribution in [2.75, 3.05) is 0 Å². The molecule has 0 unspecified atom stereocenters. The molecule has 0 fully saturated rings. The van der Waals surface area contributed by atoms with Crippen molar-refractivity contribution in [1.82, 2.24) is 4.98 Å². The van der Waals surface area contributed by atoms with Gasteiger partial charge in [-0.05, 0) is 18.6 Å². The van der Waals surface area contributed by atoms with Gasteiger partial charge in [0.1, 0.15) is 0 Å². The number of nitrogens with zero attached hydrogens (tertiary/aromatic N) is 1. The maximum absolute atomic E-state index is 11.8. The van der Waals surface area contributed by atoms with Gasteiger partial charge in [-0.1, -0.05) is 58.3 Å². The Morgan fingerprint density at radius 2 is 1.63 bits per heavy atom. The maximum Gasteiger partial charge on any atom is 0.164 e. The topological polar surface area (TPSA) is 30.0 Å². The zero-order valence-corrected chi connectivity index (χ0v) is 12.2. The summed E-state index contributed by atoms with van der Waals surface area (Å²) in [6, 6.07) is 3.67. The molecule has 0 aromatic carbocycles. The van der Waals surface area contributed by atoms with E-state index in [1.165, 1.54) is 51.4 Å². The molecule has 1 rings (SSSR count). The van der Waals surface area contributed by atoms with Gasteiger partial charge in [0.05, 0.1) is 0 Å². The van der Waals surface area contributed by atoms with Crippen molar-refractivity contribution in [3.63, 3.8) is 0 Å². The van der Waals surface area contributed by atoms with Crippen LogP contribution in [0.1, 0.15) is 81.5 Å². The van der Waals surface area contributed by atoms with Gasteiger partial charge in [-0.2, -0.15) is 0 Å². The van der Waals surface area contributed by atoms with Crippen molar-refractivity contribution in [3.8, 4) is 0 Å². The predicted octanol–water partition coefficient (Wildman–Crippen LogP) is 5.19. The number of unbranched alkanes of at least 4 members (excludes halogenated alkanes) is 8. The van der Waals surface area contributed by atoms with Crippen LogP contribution in [-0.2, 0) is 0 Å². The Morgan fingerprint density at radius 1 is 1.00 bits per heavy atom. The van der Waals surface area contributed by atoms with Gasteiger partial charge in [-0.15, -0.1) is 0 Å². The van der Waals surface area contributed by atoms with Gasteiger partial charge in [-0.25, -0.2) is 0 Å². The second-order valence-corrected chi connectivity index (χ2v) is 5.24. The van der Waals surface area contributed by atoms with Crippen LogP contribution < -0.4 is 0 Å². The van der Waals surface area contributed by atoms with Gasteiger partial charge in [0.15, 0.2) is 5.78 Å². The molecular weight excluding hydrogens is 234 g/mol. The molecule has 2 heteroatoms. The Kier molecular flexibility index (Phi) is 8.95. The van der Waals surface area contributed by atoms with E-state index in [1.54, 1.807) is 12.4 Å². The van der Waals surface area contributed by atoms with Crippen LogP contribution in [0.25, 0.3) is 0 Å². The number of ketones is 1. The molecule has 0 atom stereocenters. The van der Waals surface area contributed by atoms with Crippen LogP contribution in [0, 0.1) is 0 Å². The van der Waals surface area contributed by atoms with Crippen LogP contribution in [-0.4, -0.2) is 10.8 Å². The zero-order chi connectivity index (χ0) is 13.8. The van der Waals surface area contributed by atoms with Crippen molar-refractivity contribution < 1.29 is 4.79 Å². The Bertz CT molecular complexity index is 334. The van der Waals surface area contributed by atoms with E-state index in [2.05, 4.69) is 11.9 Å². The molecule has 0 aliphatic carbocycles. The van der Waals surface area contributed by atoms with E-state index in [-0.39, 0.29) is 5.78 Å². The summed E-state index contributed by atoms with van der Waals surface area (Å²) < 4.78 is 0. The lowest BCUT2D eigenvalue weighted by Gasteiger charge is -2.02. The Balaban J connectivity index is 1.95. The third kappa shape index (κ3) is 7.76. The maximum atomic E-state index is 11.8. The highest BCUT2D eigenvalue weighted by Crippen LogP contribution is 2.12. The molecule has 2 nitrogen and oxygen atoms in total. The molecule has 1 aromatic rings. The van der Waals surface area contributed by atoms with Crippen molar-refractivity contribution in [2.24, 2.45) is 0 Å². The van der Waals surface area contributed by atoms with Crippen molar-refractivity contribution in [3.05, 3.63) is 30.1 Å². The second kappa shape index (κ2) is 10.7. The molecule has 0 spiro atoms. The van der Waals surface area contributed by atoms with Crippen LogP contribution in [0.5, 0.6) is 0 Å². The van der Waals surface area contributed by atoms with Gasteiger partial charge >= 0.3 is 0 Å². The van der Waals surface area contributed by atoms with E-state index in [9.17, 15) is 4.79 Å². The molecule has 0 N–H and O–H groups in total. The smallest absolute Gasteiger partial charge is 0.164 e. The summed E-state index contributed by atoms with van der Waals surface area (Å²) in [4.78, 5) is 15.8. The molecular formula is C17H27NO. The molecule has 106 valence electrons. The van der Waals surface area contributed by atoms with Gasteiger partial charge in [0, 0.05) is 24.4 Å². The standard InChI is InChI=1S/C17H27NO/c1-2-3-4-5-6-7-8-9-10-13-17(19)16-12-11-14-18-15-16/h11-12,14-15H,2-10,13H2,1H3. The SMILES string of the molecule is CCCCCCCCCCCC(=O)c1cccnc1. The Morgan fingerprint density at radius 3 is 2.21 bits per heavy atom. The summed E-state index contributed by atoms with van der Waals surface area (Å²) in [5.74, 6) is 0.232. The highest BCUT2D eigenvalue weighted by molar-refractivity contribution is 5.95. The molecule has 1 heterocycles. The summed E-state index contributed by atoms with van der Waals surface area (Å²) in [5.41, 5.74) is 0.752. The van der Waals surface area contributed by atoms with E-state index in [1.807, 2.05) is 12.1 Å². The molecule has 1 aromatic heterocycles. The average molecular weight is 261 g/mol. The molecule has 0 aliphatic rings. The first-order chi connectivity index (χ1) is 9.34. The number of rotatable bonds is 11. The lowest BCUT2D eigenvalue weighted by molar-refractivity contribution is 0.0978. The van der Waals surface area contributed by atoms with Crippen molar-refractivity contribution in [2.45, 2.75) is 71.1 Å². The third-order valence-electron chi connectivity index (χ3n) is 3.49. The van der Waals surface area contributed by atoms with Crippen LogP contribution in [0.2, 0.25) is 0 Å². The first-order valence-electron chi connectivity index (χ1n) is 7.78. The molecule has 0 radical (unpaired) electrons. The van der Waals surface area contributed by atoms with E-state index in [4.69, 9.17) is 0 Å². The summed E-state index contributed by atoms with van der Waals surface area (Å²) in [6.45, 7) is 2.25. The molecule has 0 bridgehead atoms. The monoisotopic (exact) mass is 261 g/mol. The fourth-order valence-corrected chi connectivity index (χ4v) is 2.27. The van der Waals surface area contributed by atoms with Crippen LogP contribution >= 0.6 is 0 Å². The number of carbonyl (C=O) groups is 1. The summed E-state index contributed by atoms with van der Waals surface area (Å²) >= 11 is 0. The predicted molar refractivity (Wildman–Crippen MR) is 80.4 cm³/mol. The third-order valence-corrected chi connectivity index (χ3v) is 3.49. The Labute approximate surface area is 117 Å². The van der Waals surface area contributed by atoms with Gasteiger partial charge < -0.3 is 0 Å². The van der Waals surface area contributed by atoms with Gasteiger partial charge in [-0.3, -0.25) is 9.78 Å². The van der Waals surface area contributed by atoms with Crippen LogP contribution in [0.15, 0.2) is 24.5 Å². The lowest BCUT2D eigenvalue weighted by Crippen LogP contribution is -1.99. The first-order valence-corrected chi connectivity index (χ1v) is 7.78. The number of aromatic nitrogens is 1. The largest absolute Gasteiger partial charge is 0.294 e. The minimum Gasteiger partial charge on any atom is -0.294 e. The number of hydrogen-bond acceptors (Lipinski definition) is 2. The second-order valence-electron chi connectivity index (χ2n) is 5.24. The summed E-state index contributed by atoms with van der Waals surface area (Å²) in [7, 11) is 0. The van der Waals surface area contributed by atoms with Crippen LogP contribution in [0.3, 0.4) is 0 Å². The lowest BCUT2D eigenvalue weighted by atomic mass is 10.0. The fourth-order valence-electron chi connectivity index (χ4n) is 2.27. The minimum absolute atomic E-state index is 0.232. The normalized spacial score (nSPS) is 10.6. The molecule has 0 amide bonds. The molecule has 0 aliphatic heterocycles. The molecule has 0 saturated heterocycles. The number of Topliss-reactive ketones (excluding diaryl/α,β-unsaturated/α-hetero) is 1. The van der Waals surface area contributed by atoms with E-state index < -0.39 is 0 Å². The highest BCUT2D eigenvalue weighted by Gasteiger charge is 2.04. The quantitative estimate of drug-likeness (QED) is 0.405. The number of carbonyl (C=O) groups excluding carboxylic acids is 1. The fraction of sp³-hybridized carbons (Fsp3) is 0.647. The summed E-state index contributed by atoms with van der Waals surface area (Å²) in [6.07, 6.45) is 15.6. The van der Waals surface area contributed by atoms with Crippen LogP contribution in [0.4, 0.5) is 0 Å². The highest BCUT2D eigenvalue weighted by atomic mass is 16.1. The number of pyridine rings is 1. The summed E-state index contributed by atoms with van der Waals surface area (Å²) in [5, 5.41) is 0. The Hall–Kier alpha value is -1.18. The zero-order valence-electron chi connectivity index (χ0n) is 12.2. The van der Waals surface area contributed by atoms with Crippen molar-refractivity contribution >= 4 is 5.78 Å². The van der Waals surface area contributed by atoms with Crippen molar-refractivity contribution in [1.29, 1.82) is 0 Å². The van der Waals surface area contributed by atoms with Gasteiger partial charge in [0.25, 0.3) is 0 Å². The van der Waals surface area contributed by atoms with Gasteiger partial charge in [0.2, 0.25) is 0 Å². The van der Waals surface area contributed by atoms with E-state index >= 15 is 0 Å². The molecule has 0 saturated carbocycles. The average Bonchev–Trinajstić information content (AvgIpc) is 2.46. The number of hydrogen-bond donors (Lipinski definition) is 0. The first kappa shape index (κ1) is 15.9. The molecule has 19 heavy (non-hydrogen) atoms. The van der Waals surface area contributed by atoms with E-state index in [0.717, 1.165) is 12.0 Å².